The molecule has 0 aliphatic heterocycles. The van der Waals surface area contributed by atoms with E-state index in [1.165, 1.54) is 70.6 Å². The highest BCUT2D eigenvalue weighted by molar-refractivity contribution is 4.75. The Morgan fingerprint density at radius 2 is 1.41 bits per heavy atom. The monoisotopic (exact) mass is 240 g/mol. The van der Waals surface area contributed by atoms with Crippen LogP contribution in [0.2, 0.25) is 0 Å². The van der Waals surface area contributed by atoms with Crippen molar-refractivity contribution < 1.29 is 5.11 Å². The smallest absolute Gasteiger partial charge is 0.0431 e. The Morgan fingerprint density at radius 1 is 0.824 bits per heavy atom. The molecule has 2 atom stereocenters. The van der Waals surface area contributed by atoms with Crippen LogP contribution in [-0.4, -0.2) is 11.7 Å². The molecule has 1 aliphatic carbocycles. The number of aliphatic hydroxyl groups excluding tert-OH is 1. The fourth-order valence-corrected chi connectivity index (χ4v) is 3.28. The molecule has 1 aliphatic rings. The molecule has 0 heterocycles. The SMILES string of the molecule is CCCCCCC1CCC(CCCCCO)C1. The van der Waals surface area contributed by atoms with E-state index >= 15 is 0 Å². The zero-order valence-corrected chi connectivity index (χ0v) is 11.8. The third-order valence-electron chi connectivity index (χ3n) is 4.39. The van der Waals surface area contributed by atoms with Crippen LogP contribution in [0.15, 0.2) is 0 Å². The van der Waals surface area contributed by atoms with Gasteiger partial charge in [0.05, 0.1) is 0 Å². The number of hydrogen-bond donors (Lipinski definition) is 1. The summed E-state index contributed by atoms with van der Waals surface area (Å²) in [5.74, 6) is 2.07. The fourth-order valence-electron chi connectivity index (χ4n) is 3.28. The molecule has 2 unspecified atom stereocenters. The minimum atomic E-state index is 0.380. The van der Waals surface area contributed by atoms with Gasteiger partial charge in [0.2, 0.25) is 0 Å². The van der Waals surface area contributed by atoms with E-state index in [9.17, 15) is 0 Å². The first-order valence-electron chi connectivity index (χ1n) is 7.97. The molecule has 0 aromatic heterocycles. The van der Waals surface area contributed by atoms with Crippen LogP contribution in [0, 0.1) is 11.8 Å². The van der Waals surface area contributed by atoms with Crippen molar-refractivity contribution in [1.29, 1.82) is 0 Å². The summed E-state index contributed by atoms with van der Waals surface area (Å²) in [7, 11) is 0. The average molecular weight is 240 g/mol. The van der Waals surface area contributed by atoms with Crippen LogP contribution in [-0.2, 0) is 0 Å². The fraction of sp³-hybridized carbons (Fsp3) is 1.00. The summed E-state index contributed by atoms with van der Waals surface area (Å²) < 4.78 is 0. The molecule has 0 amide bonds. The molecule has 0 aromatic rings. The third-order valence-corrected chi connectivity index (χ3v) is 4.39. The second-order valence-corrected chi connectivity index (χ2v) is 5.97. The Hall–Kier alpha value is -0.0400. The molecule has 1 rings (SSSR count). The zero-order chi connectivity index (χ0) is 12.3. The van der Waals surface area contributed by atoms with E-state index in [0.717, 1.165) is 18.3 Å². The Kier molecular flexibility index (Phi) is 8.78. The van der Waals surface area contributed by atoms with E-state index < -0.39 is 0 Å². The molecule has 0 bridgehead atoms. The average Bonchev–Trinajstić information content (AvgIpc) is 2.78. The number of hydrogen-bond acceptors (Lipinski definition) is 1. The largest absolute Gasteiger partial charge is 0.396 e. The van der Waals surface area contributed by atoms with Crippen LogP contribution in [0.3, 0.4) is 0 Å². The maximum atomic E-state index is 8.74. The highest BCUT2D eigenvalue weighted by Gasteiger charge is 2.23. The Bertz CT molecular complexity index is 149. The van der Waals surface area contributed by atoms with Gasteiger partial charge in [-0.1, -0.05) is 71.1 Å². The predicted molar refractivity (Wildman–Crippen MR) is 75.1 cm³/mol. The Balaban J connectivity index is 1.95. The first-order valence-corrected chi connectivity index (χ1v) is 7.97. The lowest BCUT2D eigenvalue weighted by Crippen LogP contribution is -1.97. The minimum absolute atomic E-state index is 0.380. The Labute approximate surface area is 108 Å². The van der Waals surface area contributed by atoms with Gasteiger partial charge in [-0.15, -0.1) is 0 Å². The van der Waals surface area contributed by atoms with Gasteiger partial charge in [0.25, 0.3) is 0 Å². The van der Waals surface area contributed by atoms with Gasteiger partial charge in [-0.2, -0.15) is 0 Å². The van der Waals surface area contributed by atoms with Crippen molar-refractivity contribution in [1.82, 2.24) is 0 Å². The maximum absolute atomic E-state index is 8.74. The Morgan fingerprint density at radius 3 is 1.94 bits per heavy atom. The number of unbranched alkanes of at least 4 members (excludes halogenated alkanes) is 5. The summed E-state index contributed by atoms with van der Waals surface area (Å²) >= 11 is 0. The highest BCUT2D eigenvalue weighted by atomic mass is 16.2. The lowest BCUT2D eigenvalue weighted by Gasteiger charge is -2.11. The summed E-state index contributed by atoms with van der Waals surface area (Å²) in [6.45, 7) is 2.67. The zero-order valence-electron chi connectivity index (χ0n) is 11.8. The van der Waals surface area contributed by atoms with E-state index in [-0.39, 0.29) is 0 Å². The van der Waals surface area contributed by atoms with Crippen molar-refractivity contribution in [2.24, 2.45) is 11.8 Å². The topological polar surface area (TPSA) is 20.2 Å². The molecule has 1 fully saturated rings. The quantitative estimate of drug-likeness (QED) is 0.537. The van der Waals surface area contributed by atoms with Crippen molar-refractivity contribution in [2.45, 2.75) is 84.0 Å². The molecule has 102 valence electrons. The summed E-state index contributed by atoms with van der Waals surface area (Å²) in [6, 6.07) is 0. The number of aliphatic hydroxyl groups is 1. The van der Waals surface area contributed by atoms with Crippen molar-refractivity contribution in [3.05, 3.63) is 0 Å². The van der Waals surface area contributed by atoms with Crippen molar-refractivity contribution in [3.8, 4) is 0 Å². The van der Waals surface area contributed by atoms with Gasteiger partial charge >= 0.3 is 0 Å². The molecule has 1 N–H and O–H groups in total. The molecule has 17 heavy (non-hydrogen) atoms. The van der Waals surface area contributed by atoms with Gasteiger partial charge < -0.3 is 5.11 Å². The first kappa shape index (κ1) is 15.0. The normalized spacial score (nSPS) is 24.4. The lowest BCUT2D eigenvalue weighted by atomic mass is 9.95. The molecule has 1 saturated carbocycles. The second kappa shape index (κ2) is 9.94. The molecule has 0 radical (unpaired) electrons. The molecule has 0 saturated heterocycles. The van der Waals surface area contributed by atoms with E-state index in [1.807, 2.05) is 0 Å². The van der Waals surface area contributed by atoms with Crippen LogP contribution in [0.5, 0.6) is 0 Å². The maximum Gasteiger partial charge on any atom is 0.0431 e. The molecule has 0 aromatic carbocycles. The first-order chi connectivity index (χ1) is 8.36. The van der Waals surface area contributed by atoms with Crippen LogP contribution in [0.1, 0.15) is 84.0 Å². The molecule has 0 spiro atoms. The van der Waals surface area contributed by atoms with Crippen molar-refractivity contribution >= 4 is 0 Å². The van der Waals surface area contributed by atoms with Crippen LogP contribution in [0.25, 0.3) is 0 Å². The van der Waals surface area contributed by atoms with Gasteiger partial charge in [-0.3, -0.25) is 0 Å². The predicted octanol–water partition coefficient (Wildman–Crippen LogP) is 4.93. The summed E-state index contributed by atoms with van der Waals surface area (Å²) in [5, 5.41) is 8.74. The summed E-state index contributed by atoms with van der Waals surface area (Å²) in [4.78, 5) is 0. The van der Waals surface area contributed by atoms with Crippen LogP contribution >= 0.6 is 0 Å². The highest BCUT2D eigenvalue weighted by Crippen LogP contribution is 2.36. The van der Waals surface area contributed by atoms with Gasteiger partial charge in [0.15, 0.2) is 0 Å². The standard InChI is InChI=1S/C16H32O/c1-2-3-4-6-9-15-11-12-16(14-15)10-7-5-8-13-17/h15-17H,2-14H2,1H3. The molecule has 1 nitrogen and oxygen atoms in total. The van der Waals surface area contributed by atoms with E-state index in [2.05, 4.69) is 6.92 Å². The van der Waals surface area contributed by atoms with E-state index in [1.54, 1.807) is 0 Å². The molecular formula is C16H32O. The van der Waals surface area contributed by atoms with Crippen LogP contribution < -0.4 is 0 Å². The van der Waals surface area contributed by atoms with Gasteiger partial charge in [0.1, 0.15) is 0 Å². The van der Waals surface area contributed by atoms with E-state index in [0.29, 0.717) is 6.61 Å². The van der Waals surface area contributed by atoms with Crippen molar-refractivity contribution in [2.75, 3.05) is 6.61 Å². The minimum Gasteiger partial charge on any atom is -0.396 e. The second-order valence-electron chi connectivity index (χ2n) is 5.97. The lowest BCUT2D eigenvalue weighted by molar-refractivity contribution is 0.280. The van der Waals surface area contributed by atoms with E-state index in [4.69, 9.17) is 5.11 Å². The van der Waals surface area contributed by atoms with Gasteiger partial charge in [0, 0.05) is 6.61 Å². The summed E-state index contributed by atoms with van der Waals surface area (Å²) in [5.41, 5.74) is 0. The van der Waals surface area contributed by atoms with Crippen molar-refractivity contribution in [3.63, 3.8) is 0 Å². The number of rotatable bonds is 10. The molecular weight excluding hydrogens is 208 g/mol. The van der Waals surface area contributed by atoms with Crippen LogP contribution in [0.4, 0.5) is 0 Å². The third kappa shape index (κ3) is 7.08. The van der Waals surface area contributed by atoms with Gasteiger partial charge in [-0.05, 0) is 24.7 Å². The molecule has 1 heteroatoms. The van der Waals surface area contributed by atoms with Gasteiger partial charge in [-0.25, -0.2) is 0 Å². The summed E-state index contributed by atoms with van der Waals surface area (Å²) in [6.07, 6.45) is 16.7.